The third-order valence-electron chi connectivity index (χ3n) is 2.91. The number of aromatic nitrogens is 2. The van der Waals surface area contributed by atoms with Gasteiger partial charge in [0, 0.05) is 18.7 Å². The van der Waals surface area contributed by atoms with Crippen molar-refractivity contribution in [2.45, 2.75) is 32.7 Å². The predicted octanol–water partition coefficient (Wildman–Crippen LogP) is 1.73. The Balaban J connectivity index is 2.15. The van der Waals surface area contributed by atoms with Crippen LogP contribution in [0.1, 0.15) is 38.4 Å². The molecule has 0 unspecified atom stereocenters. The van der Waals surface area contributed by atoms with Crippen LogP contribution in [0.4, 0.5) is 0 Å². The van der Waals surface area contributed by atoms with E-state index in [4.69, 9.17) is 0 Å². The number of amides is 1. The molecule has 82 valence electrons. The molecule has 1 fully saturated rings. The molecule has 2 rings (SSSR count). The molecule has 1 aromatic rings. The maximum absolute atomic E-state index is 11.9. The largest absolute Gasteiger partial charge is 0.334 e. The first-order valence-corrected chi connectivity index (χ1v) is 5.50. The third-order valence-corrected chi connectivity index (χ3v) is 2.91. The Morgan fingerprint density at radius 3 is 3.07 bits per heavy atom. The van der Waals surface area contributed by atoms with Gasteiger partial charge >= 0.3 is 0 Å². The van der Waals surface area contributed by atoms with E-state index in [1.165, 1.54) is 0 Å². The number of likely N-dealkylation sites (tertiary alicyclic amines) is 1. The SMILES string of the molecule is CC(C)C(=O)N1CCC[C@@H]1c1ccn[nH]1. The molecule has 0 aromatic carbocycles. The molecule has 0 aliphatic carbocycles. The number of carbonyl (C=O) groups excluding carboxylic acids is 1. The zero-order chi connectivity index (χ0) is 10.8. The Hall–Kier alpha value is -1.32. The summed E-state index contributed by atoms with van der Waals surface area (Å²) in [4.78, 5) is 13.9. The van der Waals surface area contributed by atoms with Gasteiger partial charge in [-0.05, 0) is 18.9 Å². The van der Waals surface area contributed by atoms with Crippen molar-refractivity contribution in [1.82, 2.24) is 15.1 Å². The van der Waals surface area contributed by atoms with Crippen LogP contribution in [0.15, 0.2) is 12.3 Å². The Morgan fingerprint density at radius 2 is 2.47 bits per heavy atom. The van der Waals surface area contributed by atoms with E-state index in [0.717, 1.165) is 25.1 Å². The molecule has 1 aliphatic rings. The van der Waals surface area contributed by atoms with Crippen molar-refractivity contribution in [3.63, 3.8) is 0 Å². The second-order valence-corrected chi connectivity index (χ2v) is 4.36. The van der Waals surface area contributed by atoms with Gasteiger partial charge in [-0.15, -0.1) is 0 Å². The van der Waals surface area contributed by atoms with Gasteiger partial charge in [-0.2, -0.15) is 5.10 Å². The topological polar surface area (TPSA) is 49.0 Å². The first-order chi connectivity index (χ1) is 7.20. The molecular weight excluding hydrogens is 190 g/mol. The van der Waals surface area contributed by atoms with Gasteiger partial charge in [-0.1, -0.05) is 13.8 Å². The van der Waals surface area contributed by atoms with Crippen LogP contribution in [-0.4, -0.2) is 27.5 Å². The predicted molar refractivity (Wildman–Crippen MR) is 57.1 cm³/mol. The van der Waals surface area contributed by atoms with Gasteiger partial charge in [0.15, 0.2) is 0 Å². The summed E-state index contributed by atoms with van der Waals surface area (Å²) in [7, 11) is 0. The molecule has 0 saturated carbocycles. The molecule has 1 amide bonds. The fraction of sp³-hybridized carbons (Fsp3) is 0.636. The summed E-state index contributed by atoms with van der Waals surface area (Å²) in [5, 5.41) is 6.90. The smallest absolute Gasteiger partial charge is 0.225 e. The Labute approximate surface area is 89.7 Å². The Morgan fingerprint density at radius 1 is 1.67 bits per heavy atom. The molecule has 4 heteroatoms. The van der Waals surface area contributed by atoms with E-state index in [9.17, 15) is 4.79 Å². The van der Waals surface area contributed by atoms with E-state index in [0.29, 0.717) is 0 Å². The molecule has 1 aromatic heterocycles. The van der Waals surface area contributed by atoms with Gasteiger partial charge in [0.25, 0.3) is 0 Å². The number of H-pyrrole nitrogens is 1. The summed E-state index contributed by atoms with van der Waals surface area (Å²) < 4.78 is 0. The van der Waals surface area contributed by atoms with Crippen LogP contribution in [-0.2, 0) is 4.79 Å². The number of rotatable bonds is 2. The first kappa shape index (κ1) is 10.2. The number of aromatic amines is 1. The normalized spacial score (nSPS) is 21.3. The van der Waals surface area contributed by atoms with Crippen LogP contribution < -0.4 is 0 Å². The minimum Gasteiger partial charge on any atom is -0.334 e. The first-order valence-electron chi connectivity index (χ1n) is 5.50. The number of hydrogen-bond donors (Lipinski definition) is 1. The third kappa shape index (κ3) is 1.89. The average molecular weight is 207 g/mol. The van der Waals surface area contributed by atoms with E-state index < -0.39 is 0 Å². The molecule has 15 heavy (non-hydrogen) atoms. The summed E-state index contributed by atoms with van der Waals surface area (Å²) in [6, 6.07) is 2.17. The molecule has 1 N–H and O–H groups in total. The van der Waals surface area contributed by atoms with Gasteiger partial charge in [0.1, 0.15) is 0 Å². The van der Waals surface area contributed by atoms with Crippen molar-refractivity contribution in [2.75, 3.05) is 6.54 Å². The van der Waals surface area contributed by atoms with E-state index in [1.807, 2.05) is 24.8 Å². The van der Waals surface area contributed by atoms with Crippen molar-refractivity contribution >= 4 is 5.91 Å². The summed E-state index contributed by atoms with van der Waals surface area (Å²) in [6.45, 7) is 4.77. The van der Waals surface area contributed by atoms with E-state index in [2.05, 4.69) is 10.2 Å². The van der Waals surface area contributed by atoms with Gasteiger partial charge in [-0.25, -0.2) is 0 Å². The molecule has 0 radical (unpaired) electrons. The van der Waals surface area contributed by atoms with Crippen molar-refractivity contribution in [1.29, 1.82) is 0 Å². The Bertz CT molecular complexity index is 332. The molecule has 2 heterocycles. The van der Waals surface area contributed by atoms with Gasteiger partial charge in [0.05, 0.1) is 11.7 Å². The van der Waals surface area contributed by atoms with Crippen LogP contribution in [0, 0.1) is 5.92 Å². The van der Waals surface area contributed by atoms with Gasteiger partial charge in [0.2, 0.25) is 5.91 Å². The zero-order valence-electron chi connectivity index (χ0n) is 9.23. The minimum atomic E-state index is 0.0773. The Kier molecular flexibility index (Phi) is 2.75. The molecule has 1 aliphatic heterocycles. The van der Waals surface area contributed by atoms with Crippen molar-refractivity contribution in [2.24, 2.45) is 5.92 Å². The molecule has 1 atom stereocenters. The van der Waals surface area contributed by atoms with Gasteiger partial charge in [-0.3, -0.25) is 9.89 Å². The van der Waals surface area contributed by atoms with E-state index >= 15 is 0 Å². The molecule has 0 spiro atoms. The monoisotopic (exact) mass is 207 g/mol. The lowest BCUT2D eigenvalue weighted by Gasteiger charge is -2.25. The molecule has 0 bridgehead atoms. The van der Waals surface area contributed by atoms with Crippen LogP contribution in [0.5, 0.6) is 0 Å². The van der Waals surface area contributed by atoms with Gasteiger partial charge < -0.3 is 4.90 Å². The number of carbonyl (C=O) groups is 1. The fourth-order valence-electron chi connectivity index (χ4n) is 2.14. The highest BCUT2D eigenvalue weighted by Gasteiger charge is 2.31. The summed E-state index contributed by atoms with van der Waals surface area (Å²) >= 11 is 0. The van der Waals surface area contributed by atoms with Crippen molar-refractivity contribution in [3.05, 3.63) is 18.0 Å². The minimum absolute atomic E-state index is 0.0773. The van der Waals surface area contributed by atoms with Crippen LogP contribution in [0.3, 0.4) is 0 Å². The summed E-state index contributed by atoms with van der Waals surface area (Å²) in [6.07, 6.45) is 3.87. The van der Waals surface area contributed by atoms with Crippen LogP contribution >= 0.6 is 0 Å². The number of nitrogens with one attached hydrogen (secondary N) is 1. The highest BCUT2D eigenvalue weighted by atomic mass is 16.2. The average Bonchev–Trinajstić information content (AvgIpc) is 2.86. The summed E-state index contributed by atoms with van der Waals surface area (Å²) in [5.74, 6) is 0.320. The fourth-order valence-corrected chi connectivity index (χ4v) is 2.14. The molecule has 4 nitrogen and oxygen atoms in total. The number of hydrogen-bond acceptors (Lipinski definition) is 2. The van der Waals surface area contributed by atoms with Crippen molar-refractivity contribution in [3.8, 4) is 0 Å². The van der Waals surface area contributed by atoms with E-state index in [1.54, 1.807) is 6.20 Å². The number of nitrogens with zero attached hydrogens (tertiary/aromatic N) is 2. The maximum atomic E-state index is 11.9. The maximum Gasteiger partial charge on any atom is 0.225 e. The van der Waals surface area contributed by atoms with Crippen molar-refractivity contribution < 1.29 is 4.79 Å². The quantitative estimate of drug-likeness (QED) is 0.802. The van der Waals surface area contributed by atoms with Crippen LogP contribution in [0.2, 0.25) is 0 Å². The zero-order valence-corrected chi connectivity index (χ0v) is 9.23. The highest BCUT2D eigenvalue weighted by molar-refractivity contribution is 5.78. The summed E-state index contributed by atoms with van der Waals surface area (Å²) in [5.41, 5.74) is 1.06. The molecular formula is C11H17N3O. The highest BCUT2D eigenvalue weighted by Crippen LogP contribution is 2.31. The molecule has 1 saturated heterocycles. The standard InChI is InChI=1S/C11H17N3O/c1-8(2)11(15)14-7-3-4-10(14)9-5-6-12-13-9/h5-6,8,10H,3-4,7H2,1-2H3,(H,12,13)/t10-/m1/s1. The lowest BCUT2D eigenvalue weighted by Crippen LogP contribution is -2.33. The van der Waals surface area contributed by atoms with Crippen LogP contribution in [0.25, 0.3) is 0 Å². The second-order valence-electron chi connectivity index (χ2n) is 4.36. The lowest BCUT2D eigenvalue weighted by molar-refractivity contribution is -0.135. The van der Waals surface area contributed by atoms with E-state index in [-0.39, 0.29) is 17.9 Å². The second kappa shape index (κ2) is 4.04. The lowest BCUT2D eigenvalue weighted by atomic mass is 10.1.